The van der Waals surface area contributed by atoms with Gasteiger partial charge >= 0.3 is 0 Å². The smallest absolute Gasteiger partial charge is 0.161 e. The molecule has 1 N–H and O–H groups in total. The van der Waals surface area contributed by atoms with Crippen molar-refractivity contribution in [1.82, 2.24) is 4.90 Å². The van der Waals surface area contributed by atoms with E-state index >= 15 is 0 Å². The van der Waals surface area contributed by atoms with Crippen LogP contribution in [0.2, 0.25) is 0 Å². The maximum atomic E-state index is 14.1. The lowest BCUT2D eigenvalue weighted by atomic mass is 9.88. The van der Waals surface area contributed by atoms with Crippen LogP contribution in [0.25, 0.3) is 5.57 Å². The second-order valence-electron chi connectivity index (χ2n) is 9.12. The van der Waals surface area contributed by atoms with Gasteiger partial charge in [0.15, 0.2) is 23.1 Å². The second kappa shape index (κ2) is 12.8. The summed E-state index contributed by atoms with van der Waals surface area (Å²) in [7, 11) is 1.60. The fourth-order valence-electron chi connectivity index (χ4n) is 4.73. The highest BCUT2D eigenvalue weighted by molar-refractivity contribution is 5.82. The molecule has 0 atom stereocenters. The maximum absolute atomic E-state index is 14.1. The van der Waals surface area contributed by atoms with Crippen molar-refractivity contribution >= 4 is 5.57 Å². The van der Waals surface area contributed by atoms with E-state index in [0.29, 0.717) is 30.1 Å². The zero-order valence-corrected chi connectivity index (χ0v) is 21.0. The van der Waals surface area contributed by atoms with Gasteiger partial charge < -0.3 is 19.5 Å². The Morgan fingerprint density at radius 3 is 2.27 bits per heavy atom. The molecule has 0 aromatic heterocycles. The summed E-state index contributed by atoms with van der Waals surface area (Å²) in [6, 6.07) is 15.8. The Morgan fingerprint density at radius 2 is 1.59 bits per heavy atom. The van der Waals surface area contributed by atoms with Crippen molar-refractivity contribution in [2.45, 2.75) is 25.7 Å². The molecule has 4 rings (SSSR count). The molecule has 1 aliphatic rings. The minimum absolute atomic E-state index is 0.0856. The first kappa shape index (κ1) is 26.8. The largest absolute Gasteiger partial charge is 0.493 e. The van der Waals surface area contributed by atoms with Gasteiger partial charge in [-0.15, -0.1) is 0 Å². The Kier molecular flexibility index (Phi) is 9.25. The normalized spacial score (nSPS) is 14.0. The number of nitrogens with zero attached hydrogens (tertiary/aromatic N) is 1. The maximum Gasteiger partial charge on any atom is 0.161 e. The van der Waals surface area contributed by atoms with E-state index in [-0.39, 0.29) is 12.4 Å². The molecule has 1 aliphatic heterocycles. The SMILES string of the molecule is COc1cc(CCO)ccc1OCCCN1CCC(=C(c2ccc(F)cc2)c2ccc(F)c(F)c2)CC1. The zero-order chi connectivity index (χ0) is 26.2. The third-order valence-corrected chi connectivity index (χ3v) is 6.66. The summed E-state index contributed by atoms with van der Waals surface area (Å²) in [6.45, 7) is 3.17. The number of piperidine rings is 1. The third-order valence-electron chi connectivity index (χ3n) is 6.66. The number of ether oxygens (including phenoxy) is 2. The second-order valence-corrected chi connectivity index (χ2v) is 9.12. The molecule has 0 amide bonds. The third kappa shape index (κ3) is 6.93. The molecule has 1 fully saturated rings. The number of methoxy groups -OCH3 is 1. The first-order valence-corrected chi connectivity index (χ1v) is 12.5. The highest BCUT2D eigenvalue weighted by Crippen LogP contribution is 2.33. The van der Waals surface area contributed by atoms with E-state index in [4.69, 9.17) is 14.6 Å². The summed E-state index contributed by atoms with van der Waals surface area (Å²) >= 11 is 0. The first-order valence-electron chi connectivity index (χ1n) is 12.5. The average molecular weight is 512 g/mol. The molecule has 196 valence electrons. The van der Waals surface area contributed by atoms with E-state index in [9.17, 15) is 13.2 Å². The van der Waals surface area contributed by atoms with Gasteiger partial charge in [0.25, 0.3) is 0 Å². The van der Waals surface area contributed by atoms with E-state index in [1.807, 2.05) is 18.2 Å². The van der Waals surface area contributed by atoms with Crippen molar-refractivity contribution in [3.63, 3.8) is 0 Å². The molecule has 0 saturated carbocycles. The molecule has 0 radical (unpaired) electrons. The Bertz CT molecular complexity index is 1220. The van der Waals surface area contributed by atoms with Crippen LogP contribution in [0.4, 0.5) is 13.2 Å². The summed E-state index contributed by atoms with van der Waals surface area (Å²) < 4.78 is 52.5. The molecule has 3 aromatic rings. The molecular formula is C30H32F3NO3. The van der Waals surface area contributed by atoms with Crippen molar-refractivity contribution in [3.05, 3.63) is 100 Å². The number of rotatable bonds is 10. The molecular weight excluding hydrogens is 479 g/mol. The van der Waals surface area contributed by atoms with Gasteiger partial charge in [0.2, 0.25) is 0 Å². The van der Waals surface area contributed by atoms with Gasteiger partial charge in [-0.25, -0.2) is 13.2 Å². The van der Waals surface area contributed by atoms with Crippen LogP contribution in [-0.4, -0.2) is 50.0 Å². The van der Waals surface area contributed by atoms with E-state index in [2.05, 4.69) is 4.90 Å². The monoisotopic (exact) mass is 511 g/mol. The number of hydrogen-bond acceptors (Lipinski definition) is 4. The number of likely N-dealkylation sites (tertiary alicyclic amines) is 1. The molecule has 0 bridgehead atoms. The molecule has 4 nitrogen and oxygen atoms in total. The van der Waals surface area contributed by atoms with Crippen LogP contribution in [0.5, 0.6) is 11.5 Å². The molecule has 37 heavy (non-hydrogen) atoms. The van der Waals surface area contributed by atoms with Gasteiger partial charge in [0.05, 0.1) is 13.7 Å². The number of benzene rings is 3. The van der Waals surface area contributed by atoms with Gasteiger partial charge in [0.1, 0.15) is 5.82 Å². The van der Waals surface area contributed by atoms with Crippen LogP contribution >= 0.6 is 0 Å². The Balaban J connectivity index is 1.37. The lowest BCUT2D eigenvalue weighted by Crippen LogP contribution is -2.32. The van der Waals surface area contributed by atoms with Crippen molar-refractivity contribution in [2.75, 3.05) is 40.0 Å². The van der Waals surface area contributed by atoms with E-state index < -0.39 is 11.6 Å². The number of aliphatic hydroxyl groups excluding tert-OH is 1. The molecule has 0 spiro atoms. The molecule has 1 saturated heterocycles. The standard InChI is InChI=1S/C30H32F3NO3/c1-36-29-19-21(13-17-35)3-10-28(29)37-18-2-14-34-15-11-23(12-16-34)30(22-4-7-25(31)8-5-22)24-6-9-26(32)27(33)20-24/h3-10,19-20,35H,2,11-18H2,1H3. The predicted molar refractivity (Wildman–Crippen MR) is 138 cm³/mol. The quantitative estimate of drug-likeness (QED) is 0.339. The van der Waals surface area contributed by atoms with E-state index in [1.54, 1.807) is 25.3 Å². The van der Waals surface area contributed by atoms with Crippen LogP contribution in [0.15, 0.2) is 66.2 Å². The Labute approximate surface area is 216 Å². The van der Waals surface area contributed by atoms with Crippen molar-refractivity contribution in [3.8, 4) is 11.5 Å². The van der Waals surface area contributed by atoms with Crippen molar-refractivity contribution < 1.29 is 27.8 Å². The molecule has 0 unspecified atom stereocenters. The summed E-state index contributed by atoms with van der Waals surface area (Å²) in [6.07, 6.45) is 2.98. The van der Waals surface area contributed by atoms with Gasteiger partial charge in [-0.05, 0) is 84.3 Å². The van der Waals surface area contributed by atoms with Crippen LogP contribution in [0.3, 0.4) is 0 Å². The summed E-state index contributed by atoms with van der Waals surface area (Å²) in [5.41, 5.74) is 4.38. The van der Waals surface area contributed by atoms with Gasteiger partial charge in [-0.1, -0.05) is 29.8 Å². The number of hydrogen-bond donors (Lipinski definition) is 1. The van der Waals surface area contributed by atoms with Crippen LogP contribution in [0.1, 0.15) is 36.0 Å². The van der Waals surface area contributed by atoms with Crippen LogP contribution < -0.4 is 9.47 Å². The van der Waals surface area contributed by atoms with Gasteiger partial charge in [-0.3, -0.25) is 0 Å². The van der Waals surface area contributed by atoms with Crippen LogP contribution in [0, 0.1) is 17.5 Å². The molecule has 0 aliphatic carbocycles. The van der Waals surface area contributed by atoms with Crippen molar-refractivity contribution in [1.29, 1.82) is 0 Å². The van der Waals surface area contributed by atoms with E-state index in [1.165, 1.54) is 18.2 Å². The highest BCUT2D eigenvalue weighted by atomic mass is 19.2. The summed E-state index contributed by atoms with van der Waals surface area (Å²) in [4.78, 5) is 2.36. The topological polar surface area (TPSA) is 41.9 Å². The van der Waals surface area contributed by atoms with Crippen molar-refractivity contribution in [2.24, 2.45) is 0 Å². The van der Waals surface area contributed by atoms with Crippen LogP contribution in [-0.2, 0) is 6.42 Å². The zero-order valence-electron chi connectivity index (χ0n) is 21.0. The number of aliphatic hydroxyl groups is 1. The molecule has 3 aromatic carbocycles. The first-order chi connectivity index (χ1) is 18.0. The predicted octanol–water partition coefficient (Wildman–Crippen LogP) is 6.01. The van der Waals surface area contributed by atoms with Gasteiger partial charge in [0, 0.05) is 26.2 Å². The number of halogens is 3. The average Bonchev–Trinajstić information content (AvgIpc) is 2.91. The highest BCUT2D eigenvalue weighted by Gasteiger charge is 2.20. The minimum Gasteiger partial charge on any atom is -0.493 e. The lowest BCUT2D eigenvalue weighted by Gasteiger charge is -2.30. The van der Waals surface area contributed by atoms with Gasteiger partial charge in [-0.2, -0.15) is 0 Å². The molecule has 7 heteroatoms. The fourth-order valence-corrected chi connectivity index (χ4v) is 4.73. The Hall–Kier alpha value is -3.29. The van der Waals surface area contributed by atoms with E-state index in [0.717, 1.165) is 67.2 Å². The Morgan fingerprint density at radius 1 is 0.865 bits per heavy atom. The summed E-state index contributed by atoms with van der Waals surface area (Å²) in [5, 5.41) is 9.12. The summed E-state index contributed by atoms with van der Waals surface area (Å²) in [5.74, 6) is -0.778. The lowest BCUT2D eigenvalue weighted by molar-refractivity contribution is 0.220. The minimum atomic E-state index is -0.894. The fraction of sp³-hybridized carbons (Fsp3) is 0.333. The molecule has 1 heterocycles.